The largest absolute Gasteiger partial charge is 0.203 e. The maximum atomic E-state index is 15.5. The minimum Gasteiger partial charge on any atom is -0.203 e. The second-order valence-corrected chi connectivity index (χ2v) is 9.50. The number of halogens is 4. The Morgan fingerprint density at radius 1 is 0.706 bits per heavy atom. The number of hydrogen-bond donors (Lipinski definition) is 0. The quantitative estimate of drug-likeness (QED) is 0.239. The summed E-state index contributed by atoms with van der Waals surface area (Å²) < 4.78 is 61.6. The maximum Gasteiger partial charge on any atom is 0.170 e. The van der Waals surface area contributed by atoms with Gasteiger partial charge in [0.15, 0.2) is 23.3 Å². The molecule has 0 saturated heterocycles. The van der Waals surface area contributed by atoms with E-state index in [0.29, 0.717) is 12.3 Å². The van der Waals surface area contributed by atoms with Gasteiger partial charge in [-0.25, -0.2) is 17.6 Å². The van der Waals surface area contributed by atoms with Gasteiger partial charge in [-0.1, -0.05) is 101 Å². The van der Waals surface area contributed by atoms with Gasteiger partial charge in [0.1, 0.15) is 0 Å². The van der Waals surface area contributed by atoms with Crippen LogP contribution in [0, 0.1) is 35.1 Å². The van der Waals surface area contributed by atoms with Crippen LogP contribution in [0.15, 0.2) is 54.6 Å². The first-order valence-corrected chi connectivity index (χ1v) is 12.5. The van der Waals surface area contributed by atoms with Crippen molar-refractivity contribution < 1.29 is 17.6 Å². The highest BCUT2D eigenvalue weighted by Gasteiger charge is 2.37. The summed E-state index contributed by atoms with van der Waals surface area (Å²) in [4.78, 5) is 0. The van der Waals surface area contributed by atoms with Crippen molar-refractivity contribution in [1.29, 1.82) is 0 Å². The van der Waals surface area contributed by atoms with Gasteiger partial charge < -0.3 is 0 Å². The summed E-state index contributed by atoms with van der Waals surface area (Å²) in [5.74, 6) is -5.25. The van der Waals surface area contributed by atoms with Gasteiger partial charge in [-0.05, 0) is 47.3 Å². The van der Waals surface area contributed by atoms with Gasteiger partial charge in [0.25, 0.3) is 0 Å². The van der Waals surface area contributed by atoms with Crippen molar-refractivity contribution in [3.05, 3.63) is 83.4 Å². The molecule has 0 aromatic heterocycles. The Morgan fingerprint density at radius 2 is 1.26 bits per heavy atom. The smallest absolute Gasteiger partial charge is 0.170 e. The monoisotopic (exact) mass is 468 g/mol. The Bertz CT molecular complexity index is 1070. The molecule has 4 rings (SSSR count). The predicted molar refractivity (Wildman–Crippen MR) is 131 cm³/mol. The van der Waals surface area contributed by atoms with Crippen LogP contribution in [0.3, 0.4) is 0 Å². The fourth-order valence-corrected chi connectivity index (χ4v) is 5.90. The molecule has 1 fully saturated rings. The van der Waals surface area contributed by atoms with Crippen LogP contribution in [0.1, 0.15) is 70.3 Å². The molecule has 0 heterocycles. The maximum absolute atomic E-state index is 15.5. The molecular weight excluding hydrogens is 436 g/mol. The van der Waals surface area contributed by atoms with E-state index in [0.717, 1.165) is 49.7 Å². The molecule has 3 unspecified atom stereocenters. The average Bonchev–Trinajstić information content (AvgIpc) is 2.87. The summed E-state index contributed by atoms with van der Waals surface area (Å²) in [6.45, 7) is 3.96. The molecular formula is C30H32F4. The van der Waals surface area contributed by atoms with Crippen molar-refractivity contribution in [3.63, 3.8) is 0 Å². The van der Waals surface area contributed by atoms with E-state index >= 15 is 17.6 Å². The third kappa shape index (κ3) is 4.64. The molecule has 1 aliphatic rings. The number of hydrogen-bond acceptors (Lipinski definition) is 0. The van der Waals surface area contributed by atoms with Crippen molar-refractivity contribution in [2.45, 2.75) is 64.7 Å². The first-order chi connectivity index (χ1) is 16.5. The topological polar surface area (TPSA) is 0 Å². The minimum absolute atomic E-state index is 0.0394. The van der Waals surface area contributed by atoms with Gasteiger partial charge in [0.05, 0.1) is 5.56 Å². The predicted octanol–water partition coefficient (Wildman–Crippen LogP) is 9.68. The first kappa shape index (κ1) is 24.5. The van der Waals surface area contributed by atoms with Crippen LogP contribution in [0.25, 0.3) is 22.3 Å². The first-order valence-electron chi connectivity index (χ1n) is 12.5. The molecule has 0 aliphatic heterocycles. The van der Waals surface area contributed by atoms with Crippen molar-refractivity contribution in [2.24, 2.45) is 11.8 Å². The molecule has 1 aliphatic carbocycles. The zero-order chi connectivity index (χ0) is 24.2. The van der Waals surface area contributed by atoms with E-state index in [4.69, 9.17) is 0 Å². The van der Waals surface area contributed by atoms with E-state index in [2.05, 4.69) is 6.92 Å². The van der Waals surface area contributed by atoms with Crippen LogP contribution < -0.4 is 0 Å². The lowest BCUT2D eigenvalue weighted by Crippen LogP contribution is -2.27. The van der Waals surface area contributed by atoms with Crippen LogP contribution in [-0.4, -0.2) is 0 Å². The zero-order valence-electron chi connectivity index (χ0n) is 19.9. The molecule has 0 N–H and O–H groups in total. The Morgan fingerprint density at radius 3 is 1.85 bits per heavy atom. The van der Waals surface area contributed by atoms with Crippen LogP contribution in [0.2, 0.25) is 0 Å². The van der Waals surface area contributed by atoms with Gasteiger partial charge in [-0.2, -0.15) is 0 Å². The Balaban J connectivity index is 1.74. The van der Waals surface area contributed by atoms with Crippen LogP contribution in [0.5, 0.6) is 0 Å². The fraction of sp³-hybridized carbons (Fsp3) is 0.400. The summed E-state index contributed by atoms with van der Waals surface area (Å²) in [7, 11) is 0. The zero-order valence-corrected chi connectivity index (χ0v) is 19.9. The van der Waals surface area contributed by atoms with Crippen LogP contribution in [-0.2, 0) is 0 Å². The van der Waals surface area contributed by atoms with E-state index in [9.17, 15) is 0 Å². The van der Waals surface area contributed by atoms with E-state index < -0.39 is 40.3 Å². The normalized spacial score (nSPS) is 19.2. The lowest BCUT2D eigenvalue weighted by molar-refractivity contribution is 0.179. The molecule has 180 valence electrons. The van der Waals surface area contributed by atoms with Gasteiger partial charge in [-0.15, -0.1) is 0 Å². The third-order valence-corrected chi connectivity index (χ3v) is 7.53. The van der Waals surface area contributed by atoms with Gasteiger partial charge in [-0.3, -0.25) is 0 Å². The van der Waals surface area contributed by atoms with E-state index in [1.165, 1.54) is 12.1 Å². The molecule has 1 saturated carbocycles. The Labute approximate surface area is 200 Å². The van der Waals surface area contributed by atoms with Gasteiger partial charge in [0.2, 0.25) is 0 Å². The fourth-order valence-electron chi connectivity index (χ4n) is 5.90. The molecule has 0 spiro atoms. The van der Waals surface area contributed by atoms with Gasteiger partial charge in [0, 0.05) is 5.56 Å². The lowest BCUT2D eigenvalue weighted by Gasteiger charge is -2.37. The summed E-state index contributed by atoms with van der Waals surface area (Å²) >= 11 is 0. The van der Waals surface area contributed by atoms with E-state index in [-0.39, 0.29) is 11.5 Å². The van der Waals surface area contributed by atoms with E-state index in [1.807, 2.05) is 37.3 Å². The molecule has 0 amide bonds. The highest BCUT2D eigenvalue weighted by molar-refractivity contribution is 5.71. The summed E-state index contributed by atoms with van der Waals surface area (Å²) in [5.41, 5.74) is 0.876. The molecule has 0 radical (unpaired) electrons. The molecule has 3 atom stereocenters. The average molecular weight is 469 g/mol. The van der Waals surface area contributed by atoms with Crippen molar-refractivity contribution in [3.8, 4) is 22.3 Å². The van der Waals surface area contributed by atoms with E-state index in [1.54, 1.807) is 12.1 Å². The Kier molecular flexibility index (Phi) is 7.75. The standard InChI is InChI=1S/C30H32F4/c1-3-10-21-13-8-9-14-24(21)23(4-2)26-29(33)27(31)25(28(32)30(26)34)22-17-15-20(16-18-22)19-11-6-5-7-12-19/h5-7,11-12,15-18,21,23-24H,3-4,8-10,13-14H2,1-2H3. The van der Waals surface area contributed by atoms with Crippen molar-refractivity contribution in [2.75, 3.05) is 0 Å². The Hall–Kier alpha value is -2.62. The minimum atomic E-state index is -1.30. The van der Waals surface area contributed by atoms with Crippen LogP contribution >= 0.6 is 0 Å². The summed E-state index contributed by atoms with van der Waals surface area (Å²) in [5, 5.41) is 0. The lowest BCUT2D eigenvalue weighted by atomic mass is 9.67. The molecule has 4 heteroatoms. The van der Waals surface area contributed by atoms with Crippen molar-refractivity contribution >= 4 is 0 Å². The highest BCUT2D eigenvalue weighted by Crippen LogP contribution is 2.46. The summed E-state index contributed by atoms with van der Waals surface area (Å²) in [6.07, 6.45) is 6.35. The molecule has 3 aromatic rings. The molecule has 34 heavy (non-hydrogen) atoms. The molecule has 0 bridgehead atoms. The highest BCUT2D eigenvalue weighted by atomic mass is 19.2. The second kappa shape index (κ2) is 10.8. The number of benzene rings is 3. The van der Waals surface area contributed by atoms with Crippen LogP contribution in [0.4, 0.5) is 17.6 Å². The molecule has 0 nitrogen and oxygen atoms in total. The van der Waals surface area contributed by atoms with Crippen molar-refractivity contribution in [1.82, 2.24) is 0 Å². The molecule has 3 aromatic carbocycles. The second-order valence-electron chi connectivity index (χ2n) is 9.50. The van der Waals surface area contributed by atoms with Gasteiger partial charge >= 0.3 is 0 Å². The number of rotatable bonds is 7. The SMILES string of the molecule is CCCC1CCCCC1C(CC)c1c(F)c(F)c(-c2ccc(-c3ccccc3)cc2)c(F)c1F. The summed E-state index contributed by atoms with van der Waals surface area (Å²) in [6, 6.07) is 16.0. The third-order valence-electron chi connectivity index (χ3n) is 7.53.